The molecule has 0 bridgehead atoms. The van der Waals surface area contributed by atoms with Crippen LogP contribution in [0.1, 0.15) is 24.5 Å². The molecule has 0 radical (unpaired) electrons. The van der Waals surface area contributed by atoms with E-state index in [0.717, 1.165) is 5.56 Å². The number of carbonyl (C=O) groups is 2. The van der Waals surface area contributed by atoms with Crippen LogP contribution in [0.3, 0.4) is 0 Å². The SMILES string of the molecule is Cc1ccc([N+](=O)[O-])cc1NC(=O)C(=O)NCC(C)(O)CCc1ccccc1. The van der Waals surface area contributed by atoms with Crippen LogP contribution in [0.25, 0.3) is 0 Å². The lowest BCUT2D eigenvalue weighted by molar-refractivity contribution is -0.384. The van der Waals surface area contributed by atoms with Gasteiger partial charge >= 0.3 is 11.8 Å². The van der Waals surface area contributed by atoms with E-state index in [9.17, 15) is 24.8 Å². The molecule has 2 aromatic carbocycles. The number of carbonyl (C=O) groups excluding carboxylic acids is 2. The van der Waals surface area contributed by atoms with Crippen molar-refractivity contribution in [3.05, 3.63) is 69.8 Å². The van der Waals surface area contributed by atoms with Crippen LogP contribution in [0.2, 0.25) is 0 Å². The summed E-state index contributed by atoms with van der Waals surface area (Å²) in [5, 5.41) is 26.0. The minimum Gasteiger partial charge on any atom is -0.388 e. The predicted octanol–water partition coefficient (Wildman–Crippen LogP) is 2.34. The topological polar surface area (TPSA) is 122 Å². The fraction of sp³-hybridized carbons (Fsp3) is 0.300. The summed E-state index contributed by atoms with van der Waals surface area (Å²) in [6, 6.07) is 13.6. The van der Waals surface area contributed by atoms with E-state index in [-0.39, 0.29) is 17.9 Å². The number of benzene rings is 2. The fourth-order valence-corrected chi connectivity index (χ4v) is 2.53. The Bertz CT molecular complexity index is 865. The molecule has 2 aromatic rings. The second-order valence-electron chi connectivity index (χ2n) is 6.88. The van der Waals surface area contributed by atoms with E-state index in [2.05, 4.69) is 10.6 Å². The zero-order valence-electron chi connectivity index (χ0n) is 15.8. The molecule has 0 saturated heterocycles. The van der Waals surface area contributed by atoms with Gasteiger partial charge < -0.3 is 15.7 Å². The van der Waals surface area contributed by atoms with E-state index in [1.54, 1.807) is 13.8 Å². The smallest absolute Gasteiger partial charge is 0.313 e. The number of nitro groups is 1. The summed E-state index contributed by atoms with van der Waals surface area (Å²) >= 11 is 0. The van der Waals surface area contributed by atoms with Crippen LogP contribution >= 0.6 is 0 Å². The van der Waals surface area contributed by atoms with Gasteiger partial charge in [-0.15, -0.1) is 0 Å². The number of amides is 2. The molecule has 0 fully saturated rings. The lowest BCUT2D eigenvalue weighted by Gasteiger charge is -2.23. The number of aliphatic hydroxyl groups is 1. The first kappa shape index (κ1) is 21.0. The Morgan fingerprint density at radius 1 is 1.14 bits per heavy atom. The van der Waals surface area contributed by atoms with E-state index in [0.29, 0.717) is 18.4 Å². The third-order valence-electron chi connectivity index (χ3n) is 4.31. The van der Waals surface area contributed by atoms with Gasteiger partial charge in [-0.05, 0) is 37.8 Å². The molecule has 8 nitrogen and oxygen atoms in total. The molecular formula is C20H23N3O5. The lowest BCUT2D eigenvalue weighted by atomic mass is 9.97. The highest BCUT2D eigenvalue weighted by Crippen LogP contribution is 2.21. The highest BCUT2D eigenvalue weighted by atomic mass is 16.6. The Morgan fingerprint density at radius 3 is 2.46 bits per heavy atom. The van der Waals surface area contributed by atoms with Crippen molar-refractivity contribution in [2.45, 2.75) is 32.3 Å². The maximum Gasteiger partial charge on any atom is 0.313 e. The molecule has 0 aromatic heterocycles. The van der Waals surface area contributed by atoms with Gasteiger partial charge in [-0.2, -0.15) is 0 Å². The summed E-state index contributed by atoms with van der Waals surface area (Å²) in [6.07, 6.45) is 1.03. The third kappa shape index (κ3) is 6.17. The molecular weight excluding hydrogens is 362 g/mol. The molecule has 2 amide bonds. The lowest BCUT2D eigenvalue weighted by Crippen LogP contribution is -2.44. The number of nitrogens with zero attached hydrogens (tertiary/aromatic N) is 1. The van der Waals surface area contributed by atoms with Gasteiger partial charge in [0.05, 0.1) is 16.2 Å². The number of nitrogens with one attached hydrogen (secondary N) is 2. The Balaban J connectivity index is 1.89. The molecule has 1 atom stereocenters. The van der Waals surface area contributed by atoms with Crippen LogP contribution in [0.5, 0.6) is 0 Å². The van der Waals surface area contributed by atoms with E-state index in [1.807, 2.05) is 30.3 Å². The molecule has 148 valence electrons. The summed E-state index contributed by atoms with van der Waals surface area (Å²) in [5.74, 6) is -1.88. The molecule has 3 N–H and O–H groups in total. The molecule has 2 rings (SSSR count). The largest absolute Gasteiger partial charge is 0.388 e. The van der Waals surface area contributed by atoms with Crippen LogP contribution in [-0.4, -0.2) is 34.0 Å². The first-order valence-corrected chi connectivity index (χ1v) is 8.78. The first-order valence-electron chi connectivity index (χ1n) is 8.78. The molecule has 0 heterocycles. The molecule has 0 aliphatic rings. The van der Waals surface area contributed by atoms with Gasteiger partial charge in [0.15, 0.2) is 0 Å². The summed E-state index contributed by atoms with van der Waals surface area (Å²) in [4.78, 5) is 34.4. The normalized spacial score (nSPS) is 12.7. The van der Waals surface area contributed by atoms with Crippen molar-refractivity contribution in [3.63, 3.8) is 0 Å². The van der Waals surface area contributed by atoms with Gasteiger partial charge in [-0.3, -0.25) is 19.7 Å². The average molecular weight is 385 g/mol. The Kier molecular flexibility index (Phi) is 6.84. The van der Waals surface area contributed by atoms with Gasteiger partial charge in [0, 0.05) is 18.7 Å². The molecule has 0 spiro atoms. The number of anilines is 1. The van der Waals surface area contributed by atoms with Crippen LogP contribution < -0.4 is 10.6 Å². The Morgan fingerprint density at radius 2 is 1.82 bits per heavy atom. The summed E-state index contributed by atoms with van der Waals surface area (Å²) in [7, 11) is 0. The number of hydrogen-bond acceptors (Lipinski definition) is 5. The van der Waals surface area contributed by atoms with Gasteiger partial charge in [-0.25, -0.2) is 0 Å². The standard InChI is InChI=1S/C20H23N3O5/c1-14-8-9-16(23(27)28)12-17(14)22-19(25)18(24)21-13-20(2,26)11-10-15-6-4-3-5-7-15/h3-9,12,26H,10-11,13H2,1-2H3,(H,21,24)(H,22,25). The quantitative estimate of drug-likeness (QED) is 0.384. The molecule has 28 heavy (non-hydrogen) atoms. The Hall–Kier alpha value is -3.26. The van der Waals surface area contributed by atoms with Crippen LogP contribution in [0.4, 0.5) is 11.4 Å². The van der Waals surface area contributed by atoms with Crippen LogP contribution in [0, 0.1) is 17.0 Å². The summed E-state index contributed by atoms with van der Waals surface area (Å²) in [6.45, 7) is 3.14. The molecule has 8 heteroatoms. The predicted molar refractivity (Wildman–Crippen MR) is 105 cm³/mol. The molecule has 0 saturated carbocycles. The average Bonchev–Trinajstić information content (AvgIpc) is 2.67. The monoisotopic (exact) mass is 385 g/mol. The zero-order valence-corrected chi connectivity index (χ0v) is 15.8. The van der Waals surface area contributed by atoms with Gasteiger partial charge in [-0.1, -0.05) is 36.4 Å². The van der Waals surface area contributed by atoms with Gasteiger partial charge in [0.2, 0.25) is 0 Å². The highest BCUT2D eigenvalue weighted by molar-refractivity contribution is 6.39. The number of non-ortho nitro benzene ring substituents is 1. The van der Waals surface area contributed by atoms with E-state index in [1.165, 1.54) is 18.2 Å². The van der Waals surface area contributed by atoms with Crippen molar-refractivity contribution in [2.75, 3.05) is 11.9 Å². The number of nitro benzene ring substituents is 1. The second-order valence-corrected chi connectivity index (χ2v) is 6.88. The fourth-order valence-electron chi connectivity index (χ4n) is 2.53. The zero-order chi connectivity index (χ0) is 20.7. The number of hydrogen-bond donors (Lipinski definition) is 3. The maximum absolute atomic E-state index is 12.1. The van der Waals surface area contributed by atoms with E-state index in [4.69, 9.17) is 0 Å². The van der Waals surface area contributed by atoms with Crippen molar-refractivity contribution >= 4 is 23.2 Å². The number of aryl methyl sites for hydroxylation is 2. The Labute approximate surface area is 162 Å². The third-order valence-corrected chi connectivity index (χ3v) is 4.31. The van der Waals surface area contributed by atoms with Crippen molar-refractivity contribution in [1.29, 1.82) is 0 Å². The van der Waals surface area contributed by atoms with Crippen molar-refractivity contribution < 1.29 is 19.6 Å². The van der Waals surface area contributed by atoms with Crippen molar-refractivity contribution in [1.82, 2.24) is 5.32 Å². The second kappa shape index (κ2) is 9.09. The van der Waals surface area contributed by atoms with Gasteiger partial charge in [0.1, 0.15) is 0 Å². The number of rotatable bonds is 7. The van der Waals surface area contributed by atoms with Crippen molar-refractivity contribution in [2.24, 2.45) is 0 Å². The molecule has 0 aliphatic carbocycles. The minimum atomic E-state index is -1.19. The maximum atomic E-state index is 12.1. The van der Waals surface area contributed by atoms with E-state index >= 15 is 0 Å². The minimum absolute atomic E-state index is 0.0972. The first-order chi connectivity index (χ1) is 13.2. The van der Waals surface area contributed by atoms with Crippen molar-refractivity contribution in [3.8, 4) is 0 Å². The summed E-state index contributed by atoms with van der Waals surface area (Å²) in [5.41, 5.74) is 0.456. The van der Waals surface area contributed by atoms with E-state index < -0.39 is 22.3 Å². The molecule has 0 aliphatic heterocycles. The molecule has 1 unspecified atom stereocenters. The van der Waals surface area contributed by atoms with Crippen LogP contribution in [-0.2, 0) is 16.0 Å². The van der Waals surface area contributed by atoms with Crippen LogP contribution in [0.15, 0.2) is 48.5 Å². The summed E-state index contributed by atoms with van der Waals surface area (Å²) < 4.78 is 0. The van der Waals surface area contributed by atoms with Gasteiger partial charge in [0.25, 0.3) is 5.69 Å². The highest BCUT2D eigenvalue weighted by Gasteiger charge is 2.24.